The molecular formula is C18H24N2O3. The summed E-state index contributed by atoms with van der Waals surface area (Å²) in [4.78, 5) is 18.3. The van der Waals surface area contributed by atoms with Gasteiger partial charge >= 0.3 is 6.09 Å². The predicted octanol–water partition coefficient (Wildman–Crippen LogP) is 3.37. The average molecular weight is 316 g/mol. The molecule has 0 atom stereocenters. The Bertz CT molecular complexity index is 621. The summed E-state index contributed by atoms with van der Waals surface area (Å²) in [5.74, 6) is 0. The maximum absolute atomic E-state index is 11.0. The lowest BCUT2D eigenvalue weighted by Crippen LogP contribution is -2.46. The molecule has 1 amide bonds. The number of carbonyl (C=O) groups is 1. The van der Waals surface area contributed by atoms with E-state index in [2.05, 4.69) is 56.6 Å². The van der Waals surface area contributed by atoms with Crippen LogP contribution in [-0.4, -0.2) is 34.8 Å². The maximum atomic E-state index is 11.0. The van der Waals surface area contributed by atoms with E-state index in [-0.39, 0.29) is 11.0 Å². The van der Waals surface area contributed by atoms with E-state index in [1.807, 2.05) is 0 Å². The number of hydrogen-bond acceptors (Lipinski definition) is 3. The van der Waals surface area contributed by atoms with Crippen LogP contribution in [0.5, 0.6) is 0 Å². The monoisotopic (exact) mass is 316 g/mol. The van der Waals surface area contributed by atoms with Crippen molar-refractivity contribution in [3.63, 3.8) is 0 Å². The first kappa shape index (κ1) is 15.9. The van der Waals surface area contributed by atoms with Gasteiger partial charge in [-0.2, -0.15) is 0 Å². The van der Waals surface area contributed by atoms with Gasteiger partial charge in [-0.25, -0.2) is 4.79 Å². The van der Waals surface area contributed by atoms with Crippen molar-refractivity contribution in [3.8, 4) is 0 Å². The van der Waals surface area contributed by atoms with Gasteiger partial charge in [-0.05, 0) is 22.6 Å². The largest absolute Gasteiger partial charge is 0.465 e. The van der Waals surface area contributed by atoms with E-state index in [0.717, 1.165) is 11.3 Å². The molecule has 0 unspecified atom stereocenters. The van der Waals surface area contributed by atoms with Crippen LogP contribution >= 0.6 is 0 Å². The van der Waals surface area contributed by atoms with Gasteiger partial charge in [0.2, 0.25) is 0 Å². The Morgan fingerprint density at radius 1 is 1.22 bits per heavy atom. The summed E-state index contributed by atoms with van der Waals surface area (Å²) in [5.41, 5.74) is 6.14. The lowest BCUT2D eigenvalue weighted by atomic mass is 9.86. The molecule has 5 heteroatoms. The van der Waals surface area contributed by atoms with Crippen LogP contribution < -0.4 is 5.48 Å². The molecule has 3 rings (SSSR count). The number of nitrogens with one attached hydrogen (secondary N) is 1. The van der Waals surface area contributed by atoms with Crippen molar-refractivity contribution >= 4 is 11.8 Å². The maximum Gasteiger partial charge on any atom is 0.407 e. The van der Waals surface area contributed by atoms with Gasteiger partial charge in [0.1, 0.15) is 5.60 Å². The number of amides is 1. The second kappa shape index (κ2) is 5.57. The molecular weight excluding hydrogens is 292 g/mol. The van der Waals surface area contributed by atoms with Gasteiger partial charge < -0.3 is 10.0 Å². The molecule has 2 heterocycles. The van der Waals surface area contributed by atoms with Crippen molar-refractivity contribution in [1.29, 1.82) is 0 Å². The molecule has 124 valence electrons. The Balaban J connectivity index is 1.74. The fraction of sp³-hybridized carbons (Fsp3) is 0.500. The average Bonchev–Trinajstić information content (AvgIpc) is 2.91. The van der Waals surface area contributed by atoms with Crippen LogP contribution in [0.15, 0.2) is 30.3 Å². The highest BCUT2D eigenvalue weighted by Crippen LogP contribution is 2.35. The first-order valence-corrected chi connectivity index (χ1v) is 8.05. The molecule has 0 aromatic heterocycles. The molecule has 2 N–H and O–H groups in total. The quantitative estimate of drug-likeness (QED) is 0.834. The van der Waals surface area contributed by atoms with Crippen molar-refractivity contribution in [3.05, 3.63) is 41.5 Å². The second-order valence-electron chi connectivity index (χ2n) is 7.42. The number of hydroxylamine groups is 1. The lowest BCUT2D eigenvalue weighted by Gasteiger charge is -2.35. The number of hydrogen-bond donors (Lipinski definition) is 2. The highest BCUT2D eigenvalue weighted by molar-refractivity contribution is 5.67. The third kappa shape index (κ3) is 3.20. The zero-order valence-electron chi connectivity index (χ0n) is 13.9. The molecule has 1 aromatic carbocycles. The number of carboxylic acid groups (broad SMARTS) is 1. The number of rotatable bonds is 1. The molecule has 0 aliphatic carbocycles. The Hall–Kier alpha value is -2.01. The Morgan fingerprint density at radius 2 is 1.83 bits per heavy atom. The first-order chi connectivity index (χ1) is 10.8. The Morgan fingerprint density at radius 3 is 2.35 bits per heavy atom. The van der Waals surface area contributed by atoms with Crippen LogP contribution in [0.3, 0.4) is 0 Å². The van der Waals surface area contributed by atoms with Crippen molar-refractivity contribution in [2.75, 3.05) is 13.1 Å². The van der Waals surface area contributed by atoms with E-state index in [0.29, 0.717) is 25.9 Å². The molecule has 1 fully saturated rings. The minimum absolute atomic E-state index is 0.136. The molecule has 0 saturated carbocycles. The van der Waals surface area contributed by atoms with E-state index in [9.17, 15) is 4.79 Å². The van der Waals surface area contributed by atoms with Crippen molar-refractivity contribution in [1.82, 2.24) is 10.4 Å². The molecule has 5 nitrogen and oxygen atoms in total. The predicted molar refractivity (Wildman–Crippen MR) is 88.9 cm³/mol. The lowest BCUT2D eigenvalue weighted by molar-refractivity contribution is -0.0659. The normalized spacial score (nSPS) is 20.3. The van der Waals surface area contributed by atoms with Crippen LogP contribution in [0.4, 0.5) is 4.79 Å². The topological polar surface area (TPSA) is 61.8 Å². The van der Waals surface area contributed by atoms with E-state index in [1.54, 1.807) is 0 Å². The minimum atomic E-state index is -0.854. The zero-order chi connectivity index (χ0) is 16.7. The van der Waals surface area contributed by atoms with Crippen LogP contribution in [0, 0.1) is 0 Å². The molecule has 0 radical (unpaired) electrons. The summed E-state index contributed by atoms with van der Waals surface area (Å²) in [6.45, 7) is 7.60. The third-order valence-corrected chi connectivity index (χ3v) is 4.71. The van der Waals surface area contributed by atoms with Gasteiger partial charge in [0.15, 0.2) is 0 Å². The van der Waals surface area contributed by atoms with Crippen molar-refractivity contribution < 1.29 is 14.7 Å². The Labute approximate surface area is 136 Å². The minimum Gasteiger partial charge on any atom is -0.465 e. The molecule has 23 heavy (non-hydrogen) atoms. The van der Waals surface area contributed by atoms with E-state index < -0.39 is 6.09 Å². The second-order valence-corrected chi connectivity index (χ2v) is 7.42. The smallest absolute Gasteiger partial charge is 0.407 e. The molecule has 1 saturated heterocycles. The summed E-state index contributed by atoms with van der Waals surface area (Å²) >= 11 is 0. The number of likely N-dealkylation sites (tertiary alicyclic amines) is 1. The summed E-state index contributed by atoms with van der Waals surface area (Å²) in [5, 5.41) is 9.05. The standard InChI is InChI=1S/C18H24N2O3/c1-17(2,3)14-6-4-13(5-7-14)15-12-18(23-19-15)8-10-20(11-9-18)16(21)22/h4-7,12,19H,8-11H2,1-3H3,(H,21,22). The summed E-state index contributed by atoms with van der Waals surface area (Å²) in [6.07, 6.45) is 2.61. The van der Waals surface area contributed by atoms with Crippen molar-refractivity contribution in [2.45, 2.75) is 44.6 Å². The van der Waals surface area contributed by atoms with E-state index >= 15 is 0 Å². The van der Waals surface area contributed by atoms with Gasteiger partial charge in [-0.1, -0.05) is 45.0 Å². The van der Waals surface area contributed by atoms with Crippen LogP contribution in [0.2, 0.25) is 0 Å². The van der Waals surface area contributed by atoms with Gasteiger partial charge in [-0.3, -0.25) is 10.3 Å². The highest BCUT2D eigenvalue weighted by atomic mass is 16.7. The summed E-state index contributed by atoms with van der Waals surface area (Å²) in [6, 6.07) is 8.51. The first-order valence-electron chi connectivity index (χ1n) is 8.05. The van der Waals surface area contributed by atoms with Gasteiger partial charge in [0.05, 0.1) is 5.70 Å². The fourth-order valence-corrected chi connectivity index (χ4v) is 3.09. The molecule has 0 bridgehead atoms. The van der Waals surface area contributed by atoms with Crippen molar-refractivity contribution in [2.24, 2.45) is 0 Å². The molecule has 2 aliphatic heterocycles. The van der Waals surface area contributed by atoms with Crippen LogP contribution in [0.1, 0.15) is 44.7 Å². The van der Waals surface area contributed by atoms with Gasteiger partial charge in [-0.15, -0.1) is 0 Å². The number of piperidine rings is 1. The molecule has 1 spiro atoms. The van der Waals surface area contributed by atoms with E-state index in [1.165, 1.54) is 10.5 Å². The van der Waals surface area contributed by atoms with Gasteiger partial charge in [0, 0.05) is 25.9 Å². The third-order valence-electron chi connectivity index (χ3n) is 4.71. The zero-order valence-corrected chi connectivity index (χ0v) is 13.9. The van der Waals surface area contributed by atoms with Gasteiger partial charge in [0.25, 0.3) is 0 Å². The van der Waals surface area contributed by atoms with Crippen LogP contribution in [0.25, 0.3) is 5.70 Å². The summed E-state index contributed by atoms with van der Waals surface area (Å²) < 4.78 is 0. The number of benzene rings is 1. The highest BCUT2D eigenvalue weighted by Gasteiger charge is 2.39. The fourth-order valence-electron chi connectivity index (χ4n) is 3.09. The molecule has 1 aromatic rings. The SMILES string of the molecule is CC(C)(C)c1ccc(C2=CC3(CCN(C(=O)O)CC3)ON2)cc1. The number of nitrogens with zero attached hydrogens (tertiary/aromatic N) is 1. The van der Waals surface area contributed by atoms with E-state index in [4.69, 9.17) is 9.94 Å². The molecule has 2 aliphatic rings. The Kier molecular flexibility index (Phi) is 3.84. The van der Waals surface area contributed by atoms with Crippen LogP contribution in [-0.2, 0) is 10.3 Å². The summed E-state index contributed by atoms with van der Waals surface area (Å²) in [7, 11) is 0.